The summed E-state index contributed by atoms with van der Waals surface area (Å²) in [7, 11) is 0. The van der Waals surface area contributed by atoms with Crippen molar-refractivity contribution in [1.29, 1.82) is 0 Å². The molecule has 0 spiro atoms. The predicted octanol–water partition coefficient (Wildman–Crippen LogP) is 3.32. The summed E-state index contributed by atoms with van der Waals surface area (Å²) in [4.78, 5) is 0. The fourth-order valence-electron chi connectivity index (χ4n) is 2.26. The minimum atomic E-state index is 0.682. The monoisotopic (exact) mass is 318 g/mol. The Hall–Kier alpha value is -3.54. The minimum absolute atomic E-state index is 0.682. The van der Waals surface area contributed by atoms with Gasteiger partial charge in [0, 0.05) is 11.1 Å². The molecule has 0 aliphatic heterocycles. The second kappa shape index (κ2) is 7.15. The van der Waals surface area contributed by atoms with Crippen molar-refractivity contribution in [2.45, 2.75) is 0 Å². The topological polar surface area (TPSA) is 109 Å². The van der Waals surface area contributed by atoms with Crippen molar-refractivity contribution in [3.8, 4) is 22.5 Å². The van der Waals surface area contributed by atoms with E-state index in [1.807, 2.05) is 60.7 Å². The quantitative estimate of drug-likeness (QED) is 0.454. The molecule has 0 atom stereocenters. The van der Waals surface area contributed by atoms with Crippen LogP contribution in [0.25, 0.3) is 22.5 Å². The van der Waals surface area contributed by atoms with Crippen LogP contribution in [0.4, 0.5) is 11.4 Å². The molecule has 4 aromatic rings. The van der Waals surface area contributed by atoms with Gasteiger partial charge in [0.2, 0.25) is 0 Å². The van der Waals surface area contributed by atoms with Crippen LogP contribution in [-0.4, -0.2) is 20.4 Å². The van der Waals surface area contributed by atoms with Crippen molar-refractivity contribution in [2.75, 3.05) is 11.5 Å². The lowest BCUT2D eigenvalue weighted by molar-refractivity contribution is 1.10. The van der Waals surface area contributed by atoms with Crippen LogP contribution < -0.4 is 11.5 Å². The lowest BCUT2D eigenvalue weighted by atomic mass is 10.1. The number of nitrogens with two attached hydrogens (primary N) is 2. The van der Waals surface area contributed by atoms with Gasteiger partial charge in [0.1, 0.15) is 0 Å². The molecule has 6 heteroatoms. The normalized spacial score (nSPS) is 10.0. The first-order valence-corrected chi connectivity index (χ1v) is 7.44. The molecule has 120 valence electrons. The first kappa shape index (κ1) is 15.4. The van der Waals surface area contributed by atoms with Crippen LogP contribution in [-0.2, 0) is 0 Å². The fraction of sp³-hybridized carbons (Fsp3) is 0. The molecule has 6 nitrogen and oxygen atoms in total. The summed E-state index contributed by atoms with van der Waals surface area (Å²) in [6, 6.07) is 19.8. The first-order chi connectivity index (χ1) is 11.8. The van der Waals surface area contributed by atoms with E-state index in [0.717, 1.165) is 22.5 Å². The first-order valence-electron chi connectivity index (χ1n) is 7.44. The van der Waals surface area contributed by atoms with Gasteiger partial charge in [-0.05, 0) is 0 Å². The number of rotatable bonds is 2. The van der Waals surface area contributed by atoms with Gasteiger partial charge in [-0.1, -0.05) is 60.7 Å². The Morgan fingerprint density at radius 2 is 0.958 bits per heavy atom. The third-order valence-corrected chi connectivity index (χ3v) is 3.46. The molecule has 0 aliphatic rings. The molecule has 0 bridgehead atoms. The number of anilines is 2. The maximum atomic E-state index is 5.68. The average Bonchev–Trinajstić information content (AvgIpc) is 3.25. The number of hydrogen-bond donors (Lipinski definition) is 4. The van der Waals surface area contributed by atoms with Gasteiger partial charge in [-0.25, -0.2) is 0 Å². The van der Waals surface area contributed by atoms with Crippen LogP contribution in [0.3, 0.4) is 0 Å². The third-order valence-electron chi connectivity index (χ3n) is 3.46. The number of nitrogen functional groups attached to an aromatic ring is 2. The summed E-state index contributed by atoms with van der Waals surface area (Å²) in [5.74, 6) is 0. The number of aromatic nitrogens is 4. The number of nitrogens with one attached hydrogen (secondary N) is 2. The molecular formula is C18H18N6. The van der Waals surface area contributed by atoms with Gasteiger partial charge in [-0.15, -0.1) is 0 Å². The van der Waals surface area contributed by atoms with E-state index >= 15 is 0 Å². The highest BCUT2D eigenvalue weighted by Crippen LogP contribution is 2.22. The van der Waals surface area contributed by atoms with Crippen molar-refractivity contribution in [3.05, 3.63) is 73.1 Å². The van der Waals surface area contributed by atoms with Crippen molar-refractivity contribution in [2.24, 2.45) is 0 Å². The summed E-state index contributed by atoms with van der Waals surface area (Å²) in [5, 5.41) is 13.4. The maximum Gasteiger partial charge on any atom is 0.0879 e. The lowest BCUT2D eigenvalue weighted by Gasteiger charge is -1.96. The average molecular weight is 318 g/mol. The van der Waals surface area contributed by atoms with Gasteiger partial charge in [-0.2, -0.15) is 10.2 Å². The largest absolute Gasteiger partial charge is 0.396 e. The molecule has 4 rings (SSSR count). The molecule has 0 saturated heterocycles. The molecule has 2 aromatic carbocycles. The standard InChI is InChI=1S/2C9H9N3/c2*10-8-6-11-12-9(8)7-4-2-1-3-5-7/h2*1-6H,10H2,(H,11,12). The summed E-state index contributed by atoms with van der Waals surface area (Å²) >= 11 is 0. The van der Waals surface area contributed by atoms with Gasteiger partial charge < -0.3 is 11.5 Å². The Morgan fingerprint density at radius 3 is 1.25 bits per heavy atom. The highest BCUT2D eigenvalue weighted by Gasteiger charge is 2.02. The van der Waals surface area contributed by atoms with E-state index in [-0.39, 0.29) is 0 Å². The molecule has 0 aliphatic carbocycles. The number of hydrogen-bond acceptors (Lipinski definition) is 4. The van der Waals surface area contributed by atoms with Crippen LogP contribution in [0.15, 0.2) is 73.1 Å². The number of aromatic amines is 2. The maximum absolute atomic E-state index is 5.68. The van der Waals surface area contributed by atoms with Crippen molar-refractivity contribution in [1.82, 2.24) is 20.4 Å². The zero-order valence-electron chi connectivity index (χ0n) is 13.0. The van der Waals surface area contributed by atoms with E-state index in [1.165, 1.54) is 0 Å². The number of nitrogens with zero attached hydrogens (tertiary/aromatic N) is 2. The second-order valence-corrected chi connectivity index (χ2v) is 5.13. The highest BCUT2D eigenvalue weighted by molar-refractivity contribution is 5.72. The van der Waals surface area contributed by atoms with E-state index < -0.39 is 0 Å². The molecule has 0 radical (unpaired) electrons. The van der Waals surface area contributed by atoms with Crippen LogP contribution in [0.2, 0.25) is 0 Å². The van der Waals surface area contributed by atoms with E-state index in [9.17, 15) is 0 Å². The second-order valence-electron chi connectivity index (χ2n) is 5.13. The molecule has 6 N–H and O–H groups in total. The van der Waals surface area contributed by atoms with Gasteiger partial charge in [0.25, 0.3) is 0 Å². The molecule has 0 saturated carbocycles. The molecule has 0 unspecified atom stereocenters. The molecule has 24 heavy (non-hydrogen) atoms. The zero-order valence-corrected chi connectivity index (χ0v) is 13.0. The van der Waals surface area contributed by atoms with Crippen molar-refractivity contribution in [3.63, 3.8) is 0 Å². The Kier molecular flexibility index (Phi) is 4.57. The SMILES string of the molecule is Nc1cn[nH]c1-c1ccccc1.Nc1cn[nH]c1-c1ccccc1. The highest BCUT2D eigenvalue weighted by atomic mass is 15.1. The van der Waals surface area contributed by atoms with E-state index in [2.05, 4.69) is 20.4 Å². The van der Waals surface area contributed by atoms with Gasteiger partial charge in [0.05, 0.1) is 35.2 Å². The van der Waals surface area contributed by atoms with Crippen LogP contribution >= 0.6 is 0 Å². The van der Waals surface area contributed by atoms with Crippen LogP contribution in [0.1, 0.15) is 0 Å². The molecule has 0 fully saturated rings. The van der Waals surface area contributed by atoms with Gasteiger partial charge in [0.15, 0.2) is 0 Å². The molecule has 2 heterocycles. The summed E-state index contributed by atoms with van der Waals surface area (Å²) in [6.45, 7) is 0. The van der Waals surface area contributed by atoms with E-state index in [0.29, 0.717) is 11.4 Å². The Labute approximate surface area is 139 Å². The molecule has 2 aromatic heterocycles. The van der Waals surface area contributed by atoms with E-state index in [4.69, 9.17) is 11.5 Å². The minimum Gasteiger partial charge on any atom is -0.396 e. The Morgan fingerprint density at radius 1 is 0.583 bits per heavy atom. The zero-order chi connectivity index (χ0) is 16.8. The Bertz CT molecular complexity index is 804. The number of H-pyrrole nitrogens is 2. The molecule has 0 amide bonds. The number of benzene rings is 2. The summed E-state index contributed by atoms with van der Waals surface area (Å²) in [5.41, 5.74) is 16.6. The predicted molar refractivity (Wildman–Crippen MR) is 96.9 cm³/mol. The summed E-state index contributed by atoms with van der Waals surface area (Å²) in [6.07, 6.45) is 3.23. The molecular weight excluding hydrogens is 300 g/mol. The van der Waals surface area contributed by atoms with Gasteiger partial charge >= 0.3 is 0 Å². The van der Waals surface area contributed by atoms with Crippen LogP contribution in [0, 0.1) is 0 Å². The smallest absolute Gasteiger partial charge is 0.0879 e. The van der Waals surface area contributed by atoms with E-state index in [1.54, 1.807) is 12.4 Å². The Balaban J connectivity index is 0.000000141. The lowest BCUT2D eigenvalue weighted by Crippen LogP contribution is -1.85. The summed E-state index contributed by atoms with van der Waals surface area (Å²) < 4.78 is 0. The van der Waals surface area contributed by atoms with Crippen molar-refractivity contribution < 1.29 is 0 Å². The van der Waals surface area contributed by atoms with Gasteiger partial charge in [-0.3, -0.25) is 10.2 Å². The van der Waals surface area contributed by atoms with Crippen LogP contribution in [0.5, 0.6) is 0 Å². The van der Waals surface area contributed by atoms with Crippen molar-refractivity contribution >= 4 is 11.4 Å². The fourth-order valence-corrected chi connectivity index (χ4v) is 2.26. The third kappa shape index (κ3) is 3.44.